The van der Waals surface area contributed by atoms with E-state index >= 15 is 0 Å². The summed E-state index contributed by atoms with van der Waals surface area (Å²) in [5.41, 5.74) is 1.24. The van der Waals surface area contributed by atoms with Crippen LogP contribution >= 0.6 is 10.7 Å². The Balaban J connectivity index is 2.48. The van der Waals surface area contributed by atoms with Gasteiger partial charge in [-0.15, -0.1) is 0 Å². The average Bonchev–Trinajstić information content (AvgIpc) is 2.15. The SMILES string of the molecule is O=S(=O)(Cl)Cc1ccc2ccccc2n1. The number of nitrogens with zero attached hydrogens (tertiary/aromatic N) is 1. The molecule has 0 saturated carbocycles. The highest BCUT2D eigenvalue weighted by Crippen LogP contribution is 2.14. The molecule has 1 aromatic heterocycles. The Morgan fingerprint density at radius 1 is 1.13 bits per heavy atom. The van der Waals surface area contributed by atoms with Gasteiger partial charge in [-0.1, -0.05) is 24.3 Å². The lowest BCUT2D eigenvalue weighted by Crippen LogP contribution is -1.97. The van der Waals surface area contributed by atoms with Gasteiger partial charge in [-0.05, 0) is 12.1 Å². The maximum absolute atomic E-state index is 10.9. The second-order valence-electron chi connectivity index (χ2n) is 3.18. The van der Waals surface area contributed by atoms with Crippen LogP contribution in [0, 0.1) is 0 Å². The van der Waals surface area contributed by atoms with Gasteiger partial charge in [0.05, 0.1) is 11.2 Å². The first-order valence-electron chi connectivity index (χ1n) is 4.32. The van der Waals surface area contributed by atoms with Crippen molar-refractivity contribution in [3.8, 4) is 0 Å². The number of benzene rings is 1. The quantitative estimate of drug-likeness (QED) is 0.758. The Labute approximate surface area is 92.1 Å². The molecule has 1 heterocycles. The number of halogens is 1. The third kappa shape index (κ3) is 2.67. The van der Waals surface area contributed by atoms with E-state index in [1.165, 1.54) is 0 Å². The van der Waals surface area contributed by atoms with Crippen LogP contribution in [0.4, 0.5) is 0 Å². The van der Waals surface area contributed by atoms with E-state index in [0.29, 0.717) is 5.69 Å². The van der Waals surface area contributed by atoms with Crippen molar-refractivity contribution in [1.82, 2.24) is 4.98 Å². The van der Waals surface area contributed by atoms with Crippen molar-refractivity contribution in [3.63, 3.8) is 0 Å². The van der Waals surface area contributed by atoms with Crippen molar-refractivity contribution in [2.24, 2.45) is 0 Å². The van der Waals surface area contributed by atoms with Gasteiger partial charge in [0.2, 0.25) is 9.05 Å². The topological polar surface area (TPSA) is 47.0 Å². The number of fused-ring (bicyclic) bond motifs is 1. The zero-order valence-corrected chi connectivity index (χ0v) is 9.29. The zero-order chi connectivity index (χ0) is 10.9. The van der Waals surface area contributed by atoms with Crippen LogP contribution in [0.25, 0.3) is 10.9 Å². The standard InChI is InChI=1S/C10H8ClNO2S/c11-15(13,14)7-9-6-5-8-3-1-2-4-10(8)12-9/h1-6H,7H2. The van der Waals surface area contributed by atoms with Gasteiger partial charge < -0.3 is 0 Å². The van der Waals surface area contributed by atoms with Gasteiger partial charge in [0.25, 0.3) is 0 Å². The van der Waals surface area contributed by atoms with Gasteiger partial charge in [-0.2, -0.15) is 0 Å². The highest BCUT2D eigenvalue weighted by Gasteiger charge is 2.08. The van der Waals surface area contributed by atoms with Crippen LogP contribution in [0.3, 0.4) is 0 Å². The Morgan fingerprint density at radius 2 is 1.87 bits per heavy atom. The number of hydrogen-bond acceptors (Lipinski definition) is 3. The first kappa shape index (κ1) is 10.4. The Kier molecular flexibility index (Phi) is 2.63. The maximum Gasteiger partial charge on any atom is 0.238 e. The second kappa shape index (κ2) is 3.79. The van der Waals surface area contributed by atoms with Crippen molar-refractivity contribution < 1.29 is 8.42 Å². The molecular weight excluding hydrogens is 234 g/mol. The summed E-state index contributed by atoms with van der Waals surface area (Å²) < 4.78 is 21.7. The fourth-order valence-electron chi connectivity index (χ4n) is 1.37. The molecule has 78 valence electrons. The molecule has 0 aliphatic rings. The van der Waals surface area contributed by atoms with Crippen molar-refractivity contribution >= 4 is 30.6 Å². The van der Waals surface area contributed by atoms with Gasteiger partial charge >= 0.3 is 0 Å². The first-order valence-corrected chi connectivity index (χ1v) is 6.79. The van der Waals surface area contributed by atoms with Crippen molar-refractivity contribution in [2.45, 2.75) is 5.75 Å². The minimum absolute atomic E-state index is 0.237. The van der Waals surface area contributed by atoms with E-state index in [2.05, 4.69) is 4.98 Å². The van der Waals surface area contributed by atoms with Crippen LogP contribution in [-0.4, -0.2) is 13.4 Å². The summed E-state index contributed by atoms with van der Waals surface area (Å²) in [6.07, 6.45) is 0. The zero-order valence-electron chi connectivity index (χ0n) is 7.72. The largest absolute Gasteiger partial charge is 0.252 e. The molecule has 1 aromatic carbocycles. The van der Waals surface area contributed by atoms with Gasteiger partial charge in [-0.3, -0.25) is 4.98 Å². The van der Waals surface area contributed by atoms with Crippen molar-refractivity contribution in [1.29, 1.82) is 0 Å². The summed E-state index contributed by atoms with van der Waals surface area (Å²) in [4.78, 5) is 4.20. The fourth-order valence-corrected chi connectivity index (χ4v) is 2.21. The van der Waals surface area contributed by atoms with E-state index < -0.39 is 9.05 Å². The van der Waals surface area contributed by atoms with Gasteiger partial charge in [0, 0.05) is 16.1 Å². The average molecular weight is 242 g/mol. The normalized spacial score (nSPS) is 11.8. The molecule has 0 aliphatic carbocycles. The summed E-state index contributed by atoms with van der Waals surface area (Å²) in [5.74, 6) is -0.237. The molecule has 3 nitrogen and oxygen atoms in total. The smallest absolute Gasteiger partial charge is 0.238 e. The number of pyridine rings is 1. The molecular formula is C10H8ClNO2S. The Morgan fingerprint density at radius 3 is 2.60 bits per heavy atom. The summed E-state index contributed by atoms with van der Waals surface area (Å²) in [6, 6.07) is 11.0. The third-order valence-corrected chi connectivity index (χ3v) is 2.94. The maximum atomic E-state index is 10.9. The van der Waals surface area contributed by atoms with E-state index in [1.807, 2.05) is 30.3 Å². The van der Waals surface area contributed by atoms with E-state index in [1.54, 1.807) is 6.07 Å². The van der Waals surface area contributed by atoms with Crippen molar-refractivity contribution in [3.05, 3.63) is 42.1 Å². The van der Waals surface area contributed by atoms with E-state index in [-0.39, 0.29) is 5.75 Å². The predicted molar refractivity (Wildman–Crippen MR) is 60.2 cm³/mol. The molecule has 0 amide bonds. The number of para-hydroxylation sites is 1. The molecule has 0 unspecified atom stereocenters. The molecule has 0 spiro atoms. The lowest BCUT2D eigenvalue weighted by molar-refractivity contribution is 0.608. The summed E-state index contributed by atoms with van der Waals surface area (Å²) in [6.45, 7) is 0. The van der Waals surface area contributed by atoms with E-state index in [4.69, 9.17) is 10.7 Å². The van der Waals surface area contributed by atoms with Crippen LogP contribution in [0.1, 0.15) is 5.69 Å². The molecule has 0 saturated heterocycles. The molecule has 0 N–H and O–H groups in total. The predicted octanol–water partition coefficient (Wildman–Crippen LogP) is 2.30. The van der Waals surface area contributed by atoms with Crippen LogP contribution < -0.4 is 0 Å². The van der Waals surface area contributed by atoms with Gasteiger partial charge in [0.1, 0.15) is 5.75 Å². The van der Waals surface area contributed by atoms with Crippen LogP contribution in [0.2, 0.25) is 0 Å². The number of hydrogen-bond donors (Lipinski definition) is 0. The lowest BCUT2D eigenvalue weighted by atomic mass is 10.2. The molecule has 0 aliphatic heterocycles. The summed E-state index contributed by atoms with van der Waals surface area (Å²) in [5, 5.41) is 0.980. The molecule has 2 rings (SSSR count). The summed E-state index contributed by atoms with van der Waals surface area (Å²) >= 11 is 0. The molecule has 0 bridgehead atoms. The second-order valence-corrected chi connectivity index (χ2v) is 5.96. The van der Waals surface area contributed by atoms with Crippen LogP contribution in [0.15, 0.2) is 36.4 Å². The molecule has 5 heteroatoms. The lowest BCUT2D eigenvalue weighted by Gasteiger charge is -2.00. The highest BCUT2D eigenvalue weighted by atomic mass is 35.7. The van der Waals surface area contributed by atoms with Gasteiger partial charge in [0.15, 0.2) is 0 Å². The van der Waals surface area contributed by atoms with Crippen LogP contribution in [-0.2, 0) is 14.8 Å². The minimum atomic E-state index is -3.54. The Bertz CT molecular complexity index is 595. The molecule has 0 atom stereocenters. The highest BCUT2D eigenvalue weighted by molar-refractivity contribution is 8.13. The first-order chi connectivity index (χ1) is 7.04. The van der Waals surface area contributed by atoms with Crippen LogP contribution in [0.5, 0.6) is 0 Å². The third-order valence-electron chi connectivity index (χ3n) is 1.98. The Hall–Kier alpha value is -1.13. The van der Waals surface area contributed by atoms with E-state index in [9.17, 15) is 8.42 Å². The van der Waals surface area contributed by atoms with Crippen molar-refractivity contribution in [2.75, 3.05) is 0 Å². The molecule has 0 radical (unpaired) electrons. The monoisotopic (exact) mass is 241 g/mol. The minimum Gasteiger partial charge on any atom is -0.252 e. The molecule has 15 heavy (non-hydrogen) atoms. The molecule has 2 aromatic rings. The molecule has 0 fully saturated rings. The number of aromatic nitrogens is 1. The summed E-state index contributed by atoms with van der Waals surface area (Å²) in [7, 11) is 1.61. The number of rotatable bonds is 2. The van der Waals surface area contributed by atoms with Gasteiger partial charge in [-0.25, -0.2) is 8.42 Å². The fraction of sp³-hybridized carbons (Fsp3) is 0.100. The van der Waals surface area contributed by atoms with E-state index in [0.717, 1.165) is 10.9 Å².